The molecule has 2 N–H and O–H groups in total. The van der Waals surface area contributed by atoms with Crippen LogP contribution in [0.15, 0.2) is 11.4 Å². The zero-order chi connectivity index (χ0) is 14.4. The van der Waals surface area contributed by atoms with E-state index in [1.807, 2.05) is 0 Å². The molecule has 20 heavy (non-hydrogen) atoms. The lowest BCUT2D eigenvalue weighted by Crippen LogP contribution is -2.43. The molecule has 2 rings (SSSR count). The van der Waals surface area contributed by atoms with Crippen molar-refractivity contribution in [3.63, 3.8) is 0 Å². The van der Waals surface area contributed by atoms with E-state index in [1.54, 1.807) is 18.4 Å². The molecule has 6 nitrogen and oxygen atoms in total. The van der Waals surface area contributed by atoms with Gasteiger partial charge in [-0.3, -0.25) is 4.79 Å². The van der Waals surface area contributed by atoms with Crippen LogP contribution in [0.2, 0.25) is 0 Å². The first kappa shape index (κ1) is 15.0. The van der Waals surface area contributed by atoms with Crippen molar-refractivity contribution in [2.75, 3.05) is 31.7 Å². The number of amides is 1. The highest BCUT2D eigenvalue weighted by Crippen LogP contribution is 2.24. The highest BCUT2D eigenvalue weighted by molar-refractivity contribution is 7.14. The average molecular weight is 298 g/mol. The van der Waals surface area contributed by atoms with Gasteiger partial charge >= 0.3 is 5.97 Å². The standard InChI is InChI=1S/C13H18N2O4S/c1-2-19-13(17)10-3-6-20-12(10)15-11(16)7-9-8-18-5-4-14-9/h3,6,9,14H,2,4-5,7-8H2,1H3,(H,15,16). The molecule has 2 heterocycles. The van der Waals surface area contributed by atoms with Crippen LogP contribution in [0.5, 0.6) is 0 Å². The molecule has 1 unspecified atom stereocenters. The van der Waals surface area contributed by atoms with Gasteiger partial charge in [0.15, 0.2) is 0 Å². The molecule has 1 fully saturated rings. The first-order valence-corrected chi connectivity index (χ1v) is 7.44. The lowest BCUT2D eigenvalue weighted by molar-refractivity contribution is -0.117. The topological polar surface area (TPSA) is 76.7 Å². The third-order valence-electron chi connectivity index (χ3n) is 2.84. The Balaban J connectivity index is 1.90. The van der Waals surface area contributed by atoms with Crippen LogP contribution in [0.25, 0.3) is 0 Å². The molecule has 110 valence electrons. The van der Waals surface area contributed by atoms with Gasteiger partial charge in [-0.15, -0.1) is 11.3 Å². The smallest absolute Gasteiger partial charge is 0.341 e. The Bertz CT molecular complexity index is 469. The van der Waals surface area contributed by atoms with E-state index in [9.17, 15) is 9.59 Å². The predicted octanol–water partition coefficient (Wildman–Crippen LogP) is 1.24. The van der Waals surface area contributed by atoms with Crippen molar-refractivity contribution in [2.24, 2.45) is 0 Å². The lowest BCUT2D eigenvalue weighted by Gasteiger charge is -2.23. The summed E-state index contributed by atoms with van der Waals surface area (Å²) in [6.07, 6.45) is 0.320. The van der Waals surface area contributed by atoms with E-state index in [-0.39, 0.29) is 11.9 Å². The number of anilines is 1. The molecule has 1 aliphatic rings. The minimum absolute atomic E-state index is 0.0229. The molecule has 1 saturated heterocycles. The van der Waals surface area contributed by atoms with Gasteiger partial charge in [-0.25, -0.2) is 4.79 Å². The molecular weight excluding hydrogens is 280 g/mol. The molecular formula is C13H18N2O4S. The quantitative estimate of drug-likeness (QED) is 0.800. The third kappa shape index (κ3) is 4.03. The second kappa shape index (κ2) is 7.37. The van der Waals surface area contributed by atoms with Crippen molar-refractivity contribution in [1.82, 2.24) is 5.32 Å². The van der Waals surface area contributed by atoms with Gasteiger partial charge in [0.2, 0.25) is 5.91 Å². The number of hydrogen-bond acceptors (Lipinski definition) is 6. The van der Waals surface area contributed by atoms with E-state index < -0.39 is 5.97 Å². The van der Waals surface area contributed by atoms with E-state index in [4.69, 9.17) is 9.47 Å². The third-order valence-corrected chi connectivity index (χ3v) is 3.67. The van der Waals surface area contributed by atoms with Crippen molar-refractivity contribution in [2.45, 2.75) is 19.4 Å². The van der Waals surface area contributed by atoms with Crippen LogP contribution in [0, 0.1) is 0 Å². The second-order valence-electron chi connectivity index (χ2n) is 4.36. The number of morpholine rings is 1. The van der Waals surface area contributed by atoms with Gasteiger partial charge in [0.25, 0.3) is 0 Å². The van der Waals surface area contributed by atoms with E-state index in [1.165, 1.54) is 11.3 Å². The van der Waals surface area contributed by atoms with E-state index in [0.717, 1.165) is 6.54 Å². The molecule has 7 heteroatoms. The van der Waals surface area contributed by atoms with Crippen LogP contribution in [-0.2, 0) is 14.3 Å². The van der Waals surface area contributed by atoms with Gasteiger partial charge in [-0.1, -0.05) is 0 Å². The molecule has 1 aromatic heterocycles. The van der Waals surface area contributed by atoms with Crippen molar-refractivity contribution in [3.05, 3.63) is 17.0 Å². The number of esters is 1. The van der Waals surface area contributed by atoms with Gasteiger partial charge < -0.3 is 20.1 Å². The largest absolute Gasteiger partial charge is 0.462 e. The number of nitrogens with one attached hydrogen (secondary N) is 2. The van der Waals surface area contributed by atoms with Gasteiger partial charge in [-0.05, 0) is 18.4 Å². The summed E-state index contributed by atoms with van der Waals surface area (Å²) in [5, 5.41) is 8.26. The summed E-state index contributed by atoms with van der Waals surface area (Å²) in [4.78, 5) is 23.7. The van der Waals surface area contributed by atoms with Crippen LogP contribution in [0.1, 0.15) is 23.7 Å². The maximum atomic E-state index is 12.0. The minimum Gasteiger partial charge on any atom is -0.462 e. The summed E-state index contributed by atoms with van der Waals surface area (Å²) in [6.45, 7) is 4.02. The van der Waals surface area contributed by atoms with Crippen LogP contribution in [0.4, 0.5) is 5.00 Å². The summed E-state index contributed by atoms with van der Waals surface area (Å²) >= 11 is 1.31. The number of carbonyl (C=O) groups is 2. The molecule has 1 aromatic rings. The maximum Gasteiger partial charge on any atom is 0.341 e. The Morgan fingerprint density at radius 2 is 2.45 bits per heavy atom. The molecule has 1 aliphatic heterocycles. The van der Waals surface area contributed by atoms with Gasteiger partial charge in [0.05, 0.1) is 25.4 Å². The van der Waals surface area contributed by atoms with Crippen LogP contribution in [-0.4, -0.2) is 44.3 Å². The average Bonchev–Trinajstić information content (AvgIpc) is 2.88. The fourth-order valence-electron chi connectivity index (χ4n) is 1.93. The summed E-state index contributed by atoms with van der Waals surface area (Å²) in [5.74, 6) is -0.552. The Morgan fingerprint density at radius 3 is 3.15 bits per heavy atom. The van der Waals surface area contributed by atoms with E-state index in [2.05, 4.69) is 10.6 Å². The lowest BCUT2D eigenvalue weighted by atomic mass is 10.2. The van der Waals surface area contributed by atoms with E-state index >= 15 is 0 Å². The molecule has 0 aromatic carbocycles. The molecule has 0 aliphatic carbocycles. The van der Waals surface area contributed by atoms with Crippen molar-refractivity contribution in [3.8, 4) is 0 Å². The summed E-state index contributed by atoms with van der Waals surface area (Å²) < 4.78 is 10.2. The number of carbonyl (C=O) groups excluding carboxylic acids is 2. The highest BCUT2D eigenvalue weighted by Gasteiger charge is 2.20. The number of hydrogen-bond donors (Lipinski definition) is 2. The van der Waals surface area contributed by atoms with Crippen LogP contribution >= 0.6 is 11.3 Å². The number of ether oxygens (including phenoxy) is 2. The molecule has 1 amide bonds. The van der Waals surface area contributed by atoms with Crippen molar-refractivity contribution >= 4 is 28.2 Å². The van der Waals surface area contributed by atoms with Gasteiger partial charge in [0, 0.05) is 19.0 Å². The first-order valence-electron chi connectivity index (χ1n) is 6.56. The van der Waals surface area contributed by atoms with E-state index in [0.29, 0.717) is 36.8 Å². The normalized spacial score (nSPS) is 18.6. The fourth-order valence-corrected chi connectivity index (χ4v) is 2.72. The number of rotatable bonds is 5. The minimum atomic E-state index is -0.414. The molecule has 0 spiro atoms. The Hall–Kier alpha value is -1.44. The SMILES string of the molecule is CCOC(=O)c1ccsc1NC(=O)CC1COCCN1. The highest BCUT2D eigenvalue weighted by atomic mass is 32.1. The summed E-state index contributed by atoms with van der Waals surface area (Å²) in [6, 6.07) is 1.68. The monoisotopic (exact) mass is 298 g/mol. The number of thiophene rings is 1. The fraction of sp³-hybridized carbons (Fsp3) is 0.538. The van der Waals surface area contributed by atoms with Crippen LogP contribution < -0.4 is 10.6 Å². The van der Waals surface area contributed by atoms with Crippen molar-refractivity contribution in [1.29, 1.82) is 0 Å². The summed E-state index contributed by atoms with van der Waals surface area (Å²) in [7, 11) is 0. The molecule has 0 radical (unpaired) electrons. The predicted molar refractivity (Wildman–Crippen MR) is 76.1 cm³/mol. The van der Waals surface area contributed by atoms with Crippen LogP contribution in [0.3, 0.4) is 0 Å². The Morgan fingerprint density at radius 1 is 1.60 bits per heavy atom. The maximum absolute atomic E-state index is 12.0. The first-order chi connectivity index (χ1) is 9.70. The molecule has 0 saturated carbocycles. The Kier molecular flexibility index (Phi) is 5.51. The summed E-state index contributed by atoms with van der Waals surface area (Å²) in [5.41, 5.74) is 0.401. The van der Waals surface area contributed by atoms with Crippen molar-refractivity contribution < 1.29 is 19.1 Å². The zero-order valence-electron chi connectivity index (χ0n) is 11.3. The van der Waals surface area contributed by atoms with Gasteiger partial charge in [-0.2, -0.15) is 0 Å². The van der Waals surface area contributed by atoms with Gasteiger partial charge in [0.1, 0.15) is 5.00 Å². The molecule has 0 bridgehead atoms. The molecule has 1 atom stereocenters. The Labute approximate surface area is 121 Å². The second-order valence-corrected chi connectivity index (χ2v) is 5.28. The zero-order valence-corrected chi connectivity index (χ0v) is 12.1.